The van der Waals surface area contributed by atoms with Crippen molar-refractivity contribution in [2.24, 2.45) is 5.73 Å². The van der Waals surface area contributed by atoms with E-state index < -0.39 is 0 Å². The first-order valence-corrected chi connectivity index (χ1v) is 6.82. The standard InChI is InChI=1S/C14H16N2S/c1-17-14-8-3-2-7-12(14)13(15)10-11-6-4-5-9-16-11/h2-9,13H,10,15H2,1H3. The Hall–Kier alpha value is -1.32. The lowest BCUT2D eigenvalue weighted by Gasteiger charge is -2.14. The highest BCUT2D eigenvalue weighted by Crippen LogP contribution is 2.26. The van der Waals surface area contributed by atoms with E-state index in [0.717, 1.165) is 12.1 Å². The van der Waals surface area contributed by atoms with Gasteiger partial charge in [-0.15, -0.1) is 11.8 Å². The smallest absolute Gasteiger partial charge is 0.0422 e. The van der Waals surface area contributed by atoms with Gasteiger partial charge in [-0.25, -0.2) is 0 Å². The first kappa shape index (κ1) is 12.1. The topological polar surface area (TPSA) is 38.9 Å². The fourth-order valence-electron chi connectivity index (χ4n) is 1.83. The van der Waals surface area contributed by atoms with Crippen LogP contribution in [-0.4, -0.2) is 11.2 Å². The Balaban J connectivity index is 2.17. The molecule has 0 bridgehead atoms. The van der Waals surface area contributed by atoms with Gasteiger partial charge in [0.25, 0.3) is 0 Å². The Morgan fingerprint density at radius 3 is 2.65 bits per heavy atom. The van der Waals surface area contributed by atoms with Crippen LogP contribution in [0.1, 0.15) is 17.3 Å². The zero-order valence-corrected chi connectivity index (χ0v) is 10.7. The van der Waals surface area contributed by atoms with Crippen LogP contribution >= 0.6 is 11.8 Å². The fourth-order valence-corrected chi connectivity index (χ4v) is 2.50. The zero-order valence-electron chi connectivity index (χ0n) is 9.84. The number of benzene rings is 1. The number of nitrogens with two attached hydrogens (primary N) is 1. The maximum Gasteiger partial charge on any atom is 0.0422 e. The quantitative estimate of drug-likeness (QED) is 0.840. The summed E-state index contributed by atoms with van der Waals surface area (Å²) in [5, 5.41) is 0. The number of pyridine rings is 1. The zero-order chi connectivity index (χ0) is 12.1. The highest BCUT2D eigenvalue weighted by molar-refractivity contribution is 7.98. The predicted octanol–water partition coefficient (Wildman–Crippen LogP) is 3.05. The number of hydrogen-bond donors (Lipinski definition) is 1. The molecule has 2 N–H and O–H groups in total. The van der Waals surface area contributed by atoms with Gasteiger partial charge in [-0.05, 0) is 30.0 Å². The number of thioether (sulfide) groups is 1. The van der Waals surface area contributed by atoms with Gasteiger partial charge in [-0.3, -0.25) is 4.98 Å². The molecule has 2 rings (SSSR count). The summed E-state index contributed by atoms with van der Waals surface area (Å²) in [4.78, 5) is 5.56. The van der Waals surface area contributed by atoms with Crippen molar-refractivity contribution in [1.29, 1.82) is 0 Å². The second-order valence-corrected chi connectivity index (χ2v) is 4.72. The van der Waals surface area contributed by atoms with Gasteiger partial charge in [-0.2, -0.15) is 0 Å². The normalized spacial score (nSPS) is 12.4. The molecule has 1 atom stereocenters. The minimum atomic E-state index is 0.00792. The van der Waals surface area contributed by atoms with Gasteiger partial charge in [0, 0.05) is 29.2 Å². The molecule has 1 heterocycles. The molecule has 17 heavy (non-hydrogen) atoms. The summed E-state index contributed by atoms with van der Waals surface area (Å²) in [7, 11) is 0. The molecule has 3 heteroatoms. The molecule has 0 saturated heterocycles. The lowest BCUT2D eigenvalue weighted by atomic mass is 10.0. The first-order chi connectivity index (χ1) is 8.31. The largest absolute Gasteiger partial charge is 0.324 e. The fraction of sp³-hybridized carbons (Fsp3) is 0.214. The maximum atomic E-state index is 6.25. The van der Waals surface area contributed by atoms with Crippen molar-refractivity contribution >= 4 is 11.8 Å². The van der Waals surface area contributed by atoms with Crippen LogP contribution in [0.3, 0.4) is 0 Å². The Kier molecular flexibility index (Phi) is 4.18. The molecule has 88 valence electrons. The number of hydrogen-bond acceptors (Lipinski definition) is 3. The van der Waals surface area contributed by atoms with Gasteiger partial charge in [-0.1, -0.05) is 24.3 Å². The second-order valence-electron chi connectivity index (χ2n) is 3.87. The summed E-state index contributed by atoms with van der Waals surface area (Å²) in [6.45, 7) is 0. The average molecular weight is 244 g/mol. The van der Waals surface area contributed by atoms with Crippen molar-refractivity contribution in [2.45, 2.75) is 17.4 Å². The molecule has 0 radical (unpaired) electrons. The molecule has 0 aliphatic carbocycles. The Morgan fingerprint density at radius 2 is 1.94 bits per heavy atom. The lowest BCUT2D eigenvalue weighted by molar-refractivity contribution is 0.694. The number of nitrogens with zero attached hydrogens (tertiary/aromatic N) is 1. The Bertz CT molecular complexity index is 471. The highest BCUT2D eigenvalue weighted by Gasteiger charge is 2.11. The minimum absolute atomic E-state index is 0.00792. The molecule has 1 aromatic carbocycles. The van der Waals surface area contributed by atoms with Crippen LogP contribution in [0.4, 0.5) is 0 Å². The van der Waals surface area contributed by atoms with Gasteiger partial charge in [0.15, 0.2) is 0 Å². The van der Waals surface area contributed by atoms with E-state index in [1.54, 1.807) is 11.8 Å². The Labute approximate surface area is 106 Å². The molecular formula is C14H16N2S. The van der Waals surface area contributed by atoms with Crippen LogP contribution in [0.15, 0.2) is 53.6 Å². The van der Waals surface area contributed by atoms with Gasteiger partial charge in [0.05, 0.1) is 0 Å². The van der Waals surface area contributed by atoms with Crippen molar-refractivity contribution in [3.05, 3.63) is 59.9 Å². The van der Waals surface area contributed by atoms with Crippen LogP contribution in [0.2, 0.25) is 0 Å². The molecule has 0 saturated carbocycles. The van der Waals surface area contributed by atoms with Crippen LogP contribution in [0.25, 0.3) is 0 Å². The van der Waals surface area contributed by atoms with Gasteiger partial charge in [0.2, 0.25) is 0 Å². The molecule has 0 aliphatic rings. The third-order valence-corrected chi connectivity index (χ3v) is 3.51. The molecule has 0 amide bonds. The van der Waals surface area contributed by atoms with E-state index in [-0.39, 0.29) is 6.04 Å². The second kappa shape index (κ2) is 5.84. The van der Waals surface area contributed by atoms with Crippen LogP contribution in [-0.2, 0) is 6.42 Å². The van der Waals surface area contributed by atoms with Gasteiger partial charge in [0.1, 0.15) is 0 Å². The summed E-state index contributed by atoms with van der Waals surface area (Å²) in [5.74, 6) is 0. The van der Waals surface area contributed by atoms with Crippen molar-refractivity contribution in [2.75, 3.05) is 6.26 Å². The van der Waals surface area contributed by atoms with Crippen molar-refractivity contribution in [3.8, 4) is 0 Å². The van der Waals surface area contributed by atoms with Crippen molar-refractivity contribution in [1.82, 2.24) is 4.98 Å². The van der Waals surface area contributed by atoms with Crippen molar-refractivity contribution in [3.63, 3.8) is 0 Å². The lowest BCUT2D eigenvalue weighted by Crippen LogP contribution is -2.14. The van der Waals surface area contributed by atoms with Crippen LogP contribution in [0, 0.1) is 0 Å². The van der Waals surface area contributed by atoms with Gasteiger partial charge < -0.3 is 5.73 Å². The van der Waals surface area contributed by atoms with Crippen LogP contribution in [0.5, 0.6) is 0 Å². The third kappa shape index (κ3) is 3.08. The van der Waals surface area contributed by atoms with Crippen LogP contribution < -0.4 is 5.73 Å². The van der Waals surface area contributed by atoms with E-state index in [2.05, 4.69) is 23.4 Å². The number of rotatable bonds is 4. The molecule has 2 nitrogen and oxygen atoms in total. The SMILES string of the molecule is CSc1ccccc1C(N)Cc1ccccn1. The van der Waals surface area contributed by atoms with E-state index in [4.69, 9.17) is 5.73 Å². The average Bonchev–Trinajstić information content (AvgIpc) is 2.40. The van der Waals surface area contributed by atoms with E-state index in [0.29, 0.717) is 0 Å². The first-order valence-electron chi connectivity index (χ1n) is 5.59. The summed E-state index contributed by atoms with van der Waals surface area (Å²) in [6, 6.07) is 14.2. The molecule has 1 unspecified atom stereocenters. The summed E-state index contributed by atoms with van der Waals surface area (Å²) >= 11 is 1.73. The van der Waals surface area contributed by atoms with E-state index in [1.165, 1.54) is 10.5 Å². The van der Waals surface area contributed by atoms with Crippen molar-refractivity contribution < 1.29 is 0 Å². The van der Waals surface area contributed by atoms with E-state index >= 15 is 0 Å². The molecule has 0 aliphatic heterocycles. The maximum absolute atomic E-state index is 6.25. The molecular weight excluding hydrogens is 228 g/mol. The summed E-state index contributed by atoms with van der Waals surface area (Å²) in [5.41, 5.74) is 8.49. The van der Waals surface area contributed by atoms with E-state index in [9.17, 15) is 0 Å². The minimum Gasteiger partial charge on any atom is -0.324 e. The third-order valence-electron chi connectivity index (χ3n) is 2.69. The number of aromatic nitrogens is 1. The van der Waals surface area contributed by atoms with E-state index in [1.807, 2.05) is 36.5 Å². The van der Waals surface area contributed by atoms with Gasteiger partial charge >= 0.3 is 0 Å². The highest BCUT2D eigenvalue weighted by atomic mass is 32.2. The summed E-state index contributed by atoms with van der Waals surface area (Å²) in [6.07, 6.45) is 4.66. The monoisotopic (exact) mass is 244 g/mol. The molecule has 0 spiro atoms. The predicted molar refractivity (Wildman–Crippen MR) is 73.1 cm³/mol. The summed E-state index contributed by atoms with van der Waals surface area (Å²) < 4.78 is 0. The molecule has 0 fully saturated rings. The molecule has 2 aromatic rings. The Morgan fingerprint density at radius 1 is 1.18 bits per heavy atom. The molecule has 1 aromatic heterocycles.